The molecule has 0 spiro atoms. The Balaban J connectivity index is 3.79. The van der Waals surface area contributed by atoms with E-state index in [1.54, 1.807) is 0 Å². The van der Waals surface area contributed by atoms with E-state index in [0.717, 1.165) is 12.8 Å². The molecule has 0 saturated carbocycles. The maximum Gasteiger partial charge on any atom is 0.472 e. The van der Waals surface area contributed by atoms with Crippen LogP contribution in [0.2, 0.25) is 0 Å². The van der Waals surface area contributed by atoms with Crippen molar-refractivity contribution in [1.82, 2.24) is 0 Å². The standard InChI is InChI=1S/C33H68NO7P/c1-6-8-9-10-11-12-13-14-15-16-17-18-19-20-21-22-23-24-25-28-38-30-32(41-33(35)26-7-2)31-40-42(36,37)39-29-27-34(3,4)5/h32H,6-31H2,1-5H3/p+1. The first kappa shape index (κ1) is 41.5. The number of hydrogen-bond donors (Lipinski definition) is 1. The predicted molar refractivity (Wildman–Crippen MR) is 174 cm³/mol. The summed E-state index contributed by atoms with van der Waals surface area (Å²) >= 11 is 0. The SMILES string of the molecule is CCCCCCCCCCCCCCCCCCCCCOCC(COP(=O)(O)OCC[N+](C)(C)C)OC(=O)CCC. The third-order valence-electron chi connectivity index (χ3n) is 7.39. The number of carbonyl (C=O) groups is 1. The van der Waals surface area contributed by atoms with Gasteiger partial charge in [0.05, 0.1) is 34.4 Å². The fraction of sp³-hybridized carbons (Fsp3) is 0.970. The highest BCUT2D eigenvalue weighted by molar-refractivity contribution is 7.47. The Morgan fingerprint density at radius 1 is 0.643 bits per heavy atom. The molecule has 0 aliphatic rings. The molecule has 0 amide bonds. The molecule has 0 aromatic rings. The van der Waals surface area contributed by atoms with Gasteiger partial charge in [0.15, 0.2) is 0 Å². The number of esters is 1. The molecule has 252 valence electrons. The summed E-state index contributed by atoms with van der Waals surface area (Å²) in [6.45, 7) is 5.28. The molecular weight excluding hydrogens is 553 g/mol. The molecule has 0 aliphatic heterocycles. The molecule has 0 saturated heterocycles. The number of phosphoric ester groups is 1. The van der Waals surface area contributed by atoms with Gasteiger partial charge >= 0.3 is 13.8 Å². The number of unbranched alkanes of at least 4 members (excludes halogenated alkanes) is 18. The van der Waals surface area contributed by atoms with Gasteiger partial charge in [-0.25, -0.2) is 4.57 Å². The normalized spacial score (nSPS) is 14.1. The van der Waals surface area contributed by atoms with Crippen LogP contribution in [0.3, 0.4) is 0 Å². The van der Waals surface area contributed by atoms with Crippen LogP contribution in [0.4, 0.5) is 0 Å². The van der Waals surface area contributed by atoms with Crippen molar-refractivity contribution in [2.45, 2.75) is 155 Å². The minimum absolute atomic E-state index is 0.0907. The van der Waals surface area contributed by atoms with Crippen molar-refractivity contribution in [1.29, 1.82) is 0 Å². The monoisotopic (exact) mass is 622 g/mol. The summed E-state index contributed by atoms with van der Waals surface area (Å²) in [5.74, 6) is -0.364. The smallest absolute Gasteiger partial charge is 0.457 e. The minimum atomic E-state index is -4.23. The molecule has 1 N–H and O–H groups in total. The Morgan fingerprint density at radius 3 is 1.52 bits per heavy atom. The van der Waals surface area contributed by atoms with Gasteiger partial charge in [-0.05, 0) is 12.8 Å². The second-order valence-electron chi connectivity index (χ2n) is 12.9. The van der Waals surface area contributed by atoms with Crippen LogP contribution in [0.1, 0.15) is 149 Å². The number of rotatable bonds is 32. The van der Waals surface area contributed by atoms with Gasteiger partial charge in [0.25, 0.3) is 0 Å². The van der Waals surface area contributed by atoms with E-state index in [0.29, 0.717) is 24.1 Å². The van der Waals surface area contributed by atoms with Gasteiger partial charge in [0, 0.05) is 13.0 Å². The van der Waals surface area contributed by atoms with Gasteiger partial charge in [0.2, 0.25) is 0 Å². The molecule has 0 radical (unpaired) electrons. The zero-order valence-corrected chi connectivity index (χ0v) is 29.1. The number of carbonyl (C=O) groups excluding carboxylic acids is 1. The molecule has 2 unspecified atom stereocenters. The van der Waals surface area contributed by atoms with E-state index < -0.39 is 13.9 Å². The van der Waals surface area contributed by atoms with Crippen molar-refractivity contribution < 1.29 is 37.3 Å². The molecular formula is C33H69NO7P+. The second kappa shape index (κ2) is 28.0. The van der Waals surface area contributed by atoms with Crippen molar-refractivity contribution >= 4 is 13.8 Å². The Morgan fingerprint density at radius 2 is 1.10 bits per heavy atom. The van der Waals surface area contributed by atoms with Crippen LogP contribution >= 0.6 is 7.82 Å². The summed E-state index contributed by atoms with van der Waals surface area (Å²) in [4.78, 5) is 21.9. The molecule has 0 aromatic heterocycles. The van der Waals surface area contributed by atoms with E-state index in [-0.39, 0.29) is 32.2 Å². The lowest BCUT2D eigenvalue weighted by molar-refractivity contribution is -0.870. The van der Waals surface area contributed by atoms with Crippen LogP contribution in [0, 0.1) is 0 Å². The van der Waals surface area contributed by atoms with Crippen molar-refractivity contribution in [2.24, 2.45) is 0 Å². The van der Waals surface area contributed by atoms with Crippen LogP contribution in [-0.2, 0) is 27.9 Å². The van der Waals surface area contributed by atoms with Gasteiger partial charge in [-0.3, -0.25) is 13.8 Å². The molecule has 0 bridgehead atoms. The lowest BCUT2D eigenvalue weighted by Gasteiger charge is -2.24. The first-order valence-corrected chi connectivity index (χ1v) is 18.8. The summed E-state index contributed by atoms with van der Waals surface area (Å²) in [5.41, 5.74) is 0. The summed E-state index contributed by atoms with van der Waals surface area (Å²) < 4.78 is 34.1. The molecule has 42 heavy (non-hydrogen) atoms. The van der Waals surface area contributed by atoms with Crippen molar-refractivity contribution in [3.05, 3.63) is 0 Å². The van der Waals surface area contributed by atoms with Crippen LogP contribution in [0.5, 0.6) is 0 Å². The van der Waals surface area contributed by atoms with E-state index in [2.05, 4.69) is 6.92 Å². The lowest BCUT2D eigenvalue weighted by atomic mass is 10.0. The van der Waals surface area contributed by atoms with E-state index >= 15 is 0 Å². The first-order chi connectivity index (χ1) is 20.1. The van der Waals surface area contributed by atoms with Gasteiger partial charge in [-0.2, -0.15) is 0 Å². The number of phosphoric acid groups is 1. The quantitative estimate of drug-likeness (QED) is 0.0346. The van der Waals surface area contributed by atoms with E-state index in [9.17, 15) is 14.3 Å². The zero-order chi connectivity index (χ0) is 31.4. The third kappa shape index (κ3) is 30.9. The van der Waals surface area contributed by atoms with E-state index in [4.69, 9.17) is 18.5 Å². The summed E-state index contributed by atoms with van der Waals surface area (Å²) in [5, 5.41) is 0. The highest BCUT2D eigenvalue weighted by Crippen LogP contribution is 2.43. The maximum atomic E-state index is 12.2. The van der Waals surface area contributed by atoms with Gasteiger partial charge < -0.3 is 18.9 Å². The van der Waals surface area contributed by atoms with Gasteiger partial charge in [0.1, 0.15) is 19.3 Å². The fourth-order valence-electron chi connectivity index (χ4n) is 4.71. The summed E-state index contributed by atoms with van der Waals surface area (Å²) in [6, 6.07) is 0. The molecule has 0 fully saturated rings. The zero-order valence-electron chi connectivity index (χ0n) is 28.3. The number of nitrogens with zero attached hydrogens (tertiary/aromatic N) is 1. The number of quaternary nitrogens is 1. The Kier molecular flexibility index (Phi) is 27.7. The molecule has 0 aromatic carbocycles. The molecule has 9 heteroatoms. The van der Waals surface area contributed by atoms with Crippen LogP contribution in [-0.4, -0.2) is 75.6 Å². The highest BCUT2D eigenvalue weighted by Gasteiger charge is 2.26. The lowest BCUT2D eigenvalue weighted by Crippen LogP contribution is -2.37. The van der Waals surface area contributed by atoms with Gasteiger partial charge in [-0.1, -0.05) is 129 Å². The molecule has 2 atom stereocenters. The first-order valence-electron chi connectivity index (χ1n) is 17.3. The molecule has 8 nitrogen and oxygen atoms in total. The number of hydrogen-bond acceptors (Lipinski definition) is 6. The van der Waals surface area contributed by atoms with Crippen molar-refractivity contribution in [3.8, 4) is 0 Å². The Labute approximate surface area is 259 Å². The van der Waals surface area contributed by atoms with E-state index in [1.807, 2.05) is 28.1 Å². The third-order valence-corrected chi connectivity index (χ3v) is 8.37. The largest absolute Gasteiger partial charge is 0.472 e. The fourth-order valence-corrected chi connectivity index (χ4v) is 5.45. The van der Waals surface area contributed by atoms with Crippen molar-refractivity contribution in [2.75, 3.05) is 54.1 Å². The highest BCUT2D eigenvalue weighted by atomic mass is 31.2. The maximum absolute atomic E-state index is 12.2. The van der Waals surface area contributed by atoms with Crippen LogP contribution < -0.4 is 0 Å². The molecule has 0 heterocycles. The minimum Gasteiger partial charge on any atom is -0.457 e. The van der Waals surface area contributed by atoms with Crippen LogP contribution in [0.25, 0.3) is 0 Å². The van der Waals surface area contributed by atoms with E-state index in [1.165, 1.54) is 109 Å². The van der Waals surface area contributed by atoms with Crippen LogP contribution in [0.15, 0.2) is 0 Å². The summed E-state index contributed by atoms with van der Waals surface area (Å²) in [6.07, 6.45) is 25.7. The van der Waals surface area contributed by atoms with Crippen molar-refractivity contribution in [3.63, 3.8) is 0 Å². The second-order valence-corrected chi connectivity index (χ2v) is 14.4. The molecule has 0 aliphatic carbocycles. The van der Waals surface area contributed by atoms with Gasteiger partial charge in [-0.15, -0.1) is 0 Å². The Bertz CT molecular complexity index is 657. The number of ether oxygens (including phenoxy) is 2. The predicted octanol–water partition coefficient (Wildman–Crippen LogP) is 8.99. The number of likely N-dealkylation sites (N-methyl/N-ethyl adjacent to an activating group) is 1. The topological polar surface area (TPSA) is 91.3 Å². The summed E-state index contributed by atoms with van der Waals surface area (Å²) in [7, 11) is 1.67. The Hall–Kier alpha value is -0.500. The average molecular weight is 623 g/mol. The average Bonchev–Trinajstić information content (AvgIpc) is 2.91. The molecule has 0 rings (SSSR count).